The molecule has 1 saturated heterocycles. The number of amides is 1. The maximum atomic E-state index is 11.9. The molecule has 2 rings (SSSR count). The number of nitrogens with one attached hydrogen (secondary N) is 1. The van der Waals surface area contributed by atoms with Gasteiger partial charge in [0.1, 0.15) is 0 Å². The van der Waals surface area contributed by atoms with Crippen molar-refractivity contribution < 1.29 is 25.8 Å². The minimum atomic E-state index is -0.439. The van der Waals surface area contributed by atoms with E-state index in [1.165, 1.54) is 0 Å². The fourth-order valence-corrected chi connectivity index (χ4v) is 3.60. The fourth-order valence-electron chi connectivity index (χ4n) is 2.27. The molecule has 84 valence electrons. The van der Waals surface area contributed by atoms with Crippen molar-refractivity contribution in [2.75, 3.05) is 13.1 Å². The van der Waals surface area contributed by atoms with Gasteiger partial charge in [0, 0.05) is 0 Å². The Morgan fingerprint density at radius 2 is 2.07 bits per heavy atom. The Morgan fingerprint density at radius 1 is 1.53 bits per heavy atom. The second-order valence-corrected chi connectivity index (χ2v) is 9.44. The molecule has 0 aromatic heterocycles. The van der Waals surface area contributed by atoms with Gasteiger partial charge in [-0.15, -0.1) is 0 Å². The molecule has 3 atom stereocenters. The van der Waals surface area contributed by atoms with E-state index in [9.17, 15) is 4.79 Å². The van der Waals surface area contributed by atoms with Crippen molar-refractivity contribution in [2.45, 2.75) is 17.4 Å². The number of alkyl halides is 1. The second-order valence-electron chi connectivity index (χ2n) is 4.75. The molecule has 2 aliphatic rings. The summed E-state index contributed by atoms with van der Waals surface area (Å²) in [5, 5.41) is 3.08. The van der Waals surface area contributed by atoms with Crippen LogP contribution in [0.25, 0.3) is 0 Å². The van der Waals surface area contributed by atoms with Gasteiger partial charge in [-0.05, 0) is 0 Å². The number of fused-ring (bicyclic) bond motifs is 1. The molecule has 1 saturated carbocycles. The van der Waals surface area contributed by atoms with Crippen molar-refractivity contribution in [3.05, 3.63) is 0 Å². The third-order valence-corrected chi connectivity index (χ3v) is 5.76. The molecule has 3 nitrogen and oxygen atoms in total. The van der Waals surface area contributed by atoms with Gasteiger partial charge < -0.3 is 0 Å². The van der Waals surface area contributed by atoms with Crippen LogP contribution in [0.4, 0.5) is 0 Å². The van der Waals surface area contributed by atoms with Gasteiger partial charge in [0.15, 0.2) is 0 Å². The number of halogens is 2. The van der Waals surface area contributed by atoms with Gasteiger partial charge in [0.2, 0.25) is 0 Å². The molecule has 2 radical (unpaired) electrons. The van der Waals surface area contributed by atoms with Crippen LogP contribution in [0.15, 0.2) is 0 Å². The SMILES string of the molecule is [B][I-]C(C)(C)NC(=O)C1[C@H]2CN(I)C[C@@H]12. The molecule has 0 bridgehead atoms. The van der Waals surface area contributed by atoms with E-state index in [0.717, 1.165) is 13.1 Å². The topological polar surface area (TPSA) is 32.3 Å². The van der Waals surface area contributed by atoms with E-state index >= 15 is 0 Å². The summed E-state index contributed by atoms with van der Waals surface area (Å²) < 4.78 is 2.12. The van der Waals surface area contributed by atoms with Crippen LogP contribution >= 0.6 is 22.9 Å². The van der Waals surface area contributed by atoms with E-state index in [1.807, 2.05) is 13.8 Å². The quantitative estimate of drug-likeness (QED) is 0.177. The molecule has 0 aromatic rings. The van der Waals surface area contributed by atoms with E-state index in [4.69, 9.17) is 5.70 Å². The Morgan fingerprint density at radius 3 is 2.53 bits per heavy atom. The van der Waals surface area contributed by atoms with Crippen molar-refractivity contribution in [3.8, 4) is 0 Å². The third kappa shape index (κ3) is 2.62. The average Bonchev–Trinajstić information content (AvgIpc) is 2.65. The van der Waals surface area contributed by atoms with Crippen LogP contribution in [-0.2, 0) is 4.79 Å². The number of hydrogen-bond acceptors (Lipinski definition) is 2. The third-order valence-electron chi connectivity index (χ3n) is 3.15. The summed E-state index contributed by atoms with van der Waals surface area (Å²) >= 11 is 1.89. The van der Waals surface area contributed by atoms with Gasteiger partial charge in [-0.25, -0.2) is 0 Å². The Labute approximate surface area is 116 Å². The zero-order chi connectivity index (χ0) is 11.2. The van der Waals surface area contributed by atoms with Crippen molar-refractivity contribution >= 4 is 34.5 Å². The zero-order valence-corrected chi connectivity index (χ0v) is 13.2. The average molecular weight is 431 g/mol. The van der Waals surface area contributed by atoms with E-state index < -0.39 is 21.0 Å². The number of rotatable bonds is 3. The summed E-state index contributed by atoms with van der Waals surface area (Å²) in [7, 11) is 0. The van der Waals surface area contributed by atoms with Crippen LogP contribution in [0.3, 0.4) is 0 Å². The number of carbonyl (C=O) groups excluding carboxylic acids is 1. The summed E-state index contributed by atoms with van der Waals surface area (Å²) in [5.41, 5.74) is 5.70. The normalized spacial score (nSPS) is 35.3. The molecule has 0 spiro atoms. The minimum absolute atomic E-state index is 0.156. The first-order chi connectivity index (χ1) is 6.94. The number of nitrogens with zero attached hydrogens (tertiary/aromatic N) is 1. The van der Waals surface area contributed by atoms with Crippen LogP contribution in [-0.4, -0.2) is 31.4 Å². The van der Waals surface area contributed by atoms with E-state index in [2.05, 4.69) is 31.3 Å². The molecule has 6 heteroatoms. The molecule has 2 fully saturated rings. The first kappa shape index (κ1) is 12.4. The van der Waals surface area contributed by atoms with Crippen LogP contribution in [0, 0.1) is 17.8 Å². The molecule has 1 N–H and O–H groups in total. The maximum absolute atomic E-state index is 11.9. The molecule has 0 aromatic carbocycles. The van der Waals surface area contributed by atoms with E-state index in [-0.39, 0.29) is 15.4 Å². The van der Waals surface area contributed by atoms with Crippen molar-refractivity contribution in [3.63, 3.8) is 0 Å². The van der Waals surface area contributed by atoms with Gasteiger partial charge >= 0.3 is 117 Å². The molecule has 1 aliphatic carbocycles. The fraction of sp³-hybridized carbons (Fsp3) is 0.889. The van der Waals surface area contributed by atoms with Crippen LogP contribution in [0.5, 0.6) is 0 Å². The standard InChI is InChI=1S/C9H14BI2N2O/c1-9(2,12-10)13-8(15)7-5-3-14(11)4-6(5)7/h5-7H,3-4H2,1-2H3,(H,13,15)/q-1/t5-,6+,7?. The molecule has 1 unspecified atom stereocenters. The van der Waals surface area contributed by atoms with E-state index in [1.54, 1.807) is 0 Å². The zero-order valence-electron chi connectivity index (χ0n) is 8.84. The second kappa shape index (κ2) is 4.32. The van der Waals surface area contributed by atoms with Gasteiger partial charge in [0.05, 0.1) is 0 Å². The first-order valence-electron chi connectivity index (χ1n) is 5.02. The van der Waals surface area contributed by atoms with Gasteiger partial charge in [-0.2, -0.15) is 0 Å². The summed E-state index contributed by atoms with van der Waals surface area (Å²) in [6, 6.07) is 0. The van der Waals surface area contributed by atoms with Crippen LogP contribution in [0.2, 0.25) is 0 Å². The number of piperidine rings is 1. The number of carbonyl (C=O) groups is 1. The molecular weight excluding hydrogens is 417 g/mol. The van der Waals surface area contributed by atoms with Crippen molar-refractivity contribution in [1.29, 1.82) is 0 Å². The van der Waals surface area contributed by atoms with Crippen LogP contribution in [0.1, 0.15) is 13.8 Å². The predicted molar refractivity (Wildman–Crippen MR) is 64.0 cm³/mol. The Balaban J connectivity index is 1.85. The summed E-state index contributed by atoms with van der Waals surface area (Å²) in [4.78, 5) is 11.9. The molecule has 1 amide bonds. The molecule has 15 heavy (non-hydrogen) atoms. The van der Waals surface area contributed by atoms with Crippen molar-refractivity contribution in [1.82, 2.24) is 8.43 Å². The van der Waals surface area contributed by atoms with Crippen molar-refractivity contribution in [2.24, 2.45) is 17.8 Å². The Bertz CT molecular complexity index is 275. The summed E-state index contributed by atoms with van der Waals surface area (Å²) in [6.45, 7) is 6.17. The molecular formula is C9H14BI2N2O-. The molecule has 1 aliphatic heterocycles. The monoisotopic (exact) mass is 431 g/mol. The molecule has 1 heterocycles. The van der Waals surface area contributed by atoms with E-state index in [0.29, 0.717) is 11.8 Å². The Hall–Kier alpha value is 0.955. The predicted octanol–water partition coefficient (Wildman–Crippen LogP) is -2.46. The van der Waals surface area contributed by atoms with Gasteiger partial charge in [-0.1, -0.05) is 0 Å². The first-order valence-corrected chi connectivity index (χ1v) is 8.31. The summed E-state index contributed by atoms with van der Waals surface area (Å²) in [5.74, 6) is 1.71. The number of hydrogen-bond donors (Lipinski definition) is 1. The summed E-state index contributed by atoms with van der Waals surface area (Å²) in [6.07, 6.45) is 0. The van der Waals surface area contributed by atoms with Gasteiger partial charge in [0.25, 0.3) is 0 Å². The van der Waals surface area contributed by atoms with Gasteiger partial charge in [-0.3, -0.25) is 0 Å². The van der Waals surface area contributed by atoms with Crippen LogP contribution < -0.4 is 26.3 Å². The Kier molecular flexibility index (Phi) is 3.58.